The third kappa shape index (κ3) is 6.10. The summed E-state index contributed by atoms with van der Waals surface area (Å²) in [6.07, 6.45) is 2.58. The third-order valence-corrected chi connectivity index (χ3v) is 3.23. The van der Waals surface area contributed by atoms with Crippen molar-refractivity contribution in [1.29, 1.82) is 0 Å². The third-order valence-electron chi connectivity index (χ3n) is 3.03. The minimum Gasteiger partial charge on any atom is -0.393 e. The van der Waals surface area contributed by atoms with Crippen molar-refractivity contribution < 1.29 is 9.18 Å². The van der Waals surface area contributed by atoms with E-state index in [-0.39, 0.29) is 11.7 Å². The van der Waals surface area contributed by atoms with Crippen LogP contribution in [0, 0.1) is 5.82 Å². The second kappa shape index (κ2) is 8.64. The molecule has 1 aromatic carbocycles. The van der Waals surface area contributed by atoms with E-state index >= 15 is 0 Å². The Morgan fingerprint density at radius 1 is 1.25 bits per heavy atom. The lowest BCUT2D eigenvalue weighted by atomic mass is 10.1. The van der Waals surface area contributed by atoms with Gasteiger partial charge < -0.3 is 10.6 Å². The number of thiocarbonyl (C=S) groups is 1. The van der Waals surface area contributed by atoms with Crippen molar-refractivity contribution in [2.75, 3.05) is 13.1 Å². The Kier molecular flexibility index (Phi) is 7.15. The van der Waals surface area contributed by atoms with Crippen LogP contribution in [0.4, 0.5) is 4.39 Å². The molecule has 1 aromatic rings. The zero-order valence-electron chi connectivity index (χ0n) is 11.8. The van der Waals surface area contributed by atoms with Crippen LogP contribution in [0.1, 0.15) is 31.7 Å². The van der Waals surface area contributed by atoms with E-state index in [1.165, 1.54) is 12.1 Å². The van der Waals surface area contributed by atoms with Gasteiger partial charge in [-0.2, -0.15) is 0 Å². The van der Waals surface area contributed by atoms with Gasteiger partial charge in [0.1, 0.15) is 5.82 Å². The van der Waals surface area contributed by atoms with Gasteiger partial charge in [0.15, 0.2) is 0 Å². The molecule has 0 aromatic heterocycles. The average molecular weight is 296 g/mol. The second-order valence-electron chi connectivity index (χ2n) is 4.72. The molecule has 0 aliphatic rings. The van der Waals surface area contributed by atoms with Gasteiger partial charge in [0.2, 0.25) is 5.91 Å². The lowest BCUT2D eigenvalue weighted by Gasteiger charge is -2.22. The van der Waals surface area contributed by atoms with Crippen LogP contribution in [-0.4, -0.2) is 28.9 Å². The number of carbonyl (C=O) groups excluding carboxylic acids is 1. The molecular weight excluding hydrogens is 275 g/mol. The van der Waals surface area contributed by atoms with Crippen LogP contribution in [0.2, 0.25) is 0 Å². The number of halogens is 1. The van der Waals surface area contributed by atoms with Crippen molar-refractivity contribution in [3.63, 3.8) is 0 Å². The van der Waals surface area contributed by atoms with Crippen LogP contribution in [0.3, 0.4) is 0 Å². The molecule has 1 amide bonds. The van der Waals surface area contributed by atoms with Gasteiger partial charge in [0, 0.05) is 25.9 Å². The van der Waals surface area contributed by atoms with E-state index in [4.69, 9.17) is 18.0 Å². The second-order valence-corrected chi connectivity index (χ2v) is 5.25. The number of carbonyl (C=O) groups is 1. The standard InChI is InChI=1S/C15H21FN2OS/c1-2-3-15(19)18(11-9-14(17)20)10-8-12-4-6-13(16)7-5-12/h4-7H,2-3,8-11H2,1H3,(H2,17,20). The summed E-state index contributed by atoms with van der Waals surface area (Å²) in [6.45, 7) is 3.13. The molecule has 5 heteroatoms. The van der Waals surface area contributed by atoms with Gasteiger partial charge in [-0.15, -0.1) is 0 Å². The molecule has 110 valence electrons. The van der Waals surface area contributed by atoms with Gasteiger partial charge in [-0.3, -0.25) is 4.79 Å². The first-order valence-corrected chi connectivity index (χ1v) is 7.24. The number of nitrogens with zero attached hydrogens (tertiary/aromatic N) is 1. The van der Waals surface area contributed by atoms with E-state index in [2.05, 4.69) is 0 Å². The minimum atomic E-state index is -0.249. The molecule has 20 heavy (non-hydrogen) atoms. The predicted molar refractivity (Wildman–Crippen MR) is 83.0 cm³/mol. The quantitative estimate of drug-likeness (QED) is 0.750. The van der Waals surface area contributed by atoms with Crippen LogP contribution in [-0.2, 0) is 11.2 Å². The molecule has 0 bridgehead atoms. The van der Waals surface area contributed by atoms with Gasteiger partial charge in [0.05, 0.1) is 4.99 Å². The van der Waals surface area contributed by atoms with E-state index in [0.29, 0.717) is 37.3 Å². The van der Waals surface area contributed by atoms with Crippen molar-refractivity contribution in [2.24, 2.45) is 5.73 Å². The molecular formula is C15H21FN2OS. The molecule has 0 atom stereocenters. The van der Waals surface area contributed by atoms with Crippen LogP contribution in [0.5, 0.6) is 0 Å². The van der Waals surface area contributed by atoms with Crippen LogP contribution in [0.15, 0.2) is 24.3 Å². The lowest BCUT2D eigenvalue weighted by Crippen LogP contribution is -2.35. The van der Waals surface area contributed by atoms with Crippen LogP contribution < -0.4 is 5.73 Å². The van der Waals surface area contributed by atoms with E-state index in [9.17, 15) is 9.18 Å². The summed E-state index contributed by atoms with van der Waals surface area (Å²) in [5.74, 6) is -0.132. The van der Waals surface area contributed by atoms with Gasteiger partial charge >= 0.3 is 0 Å². The minimum absolute atomic E-state index is 0.117. The number of rotatable bonds is 8. The van der Waals surface area contributed by atoms with Gasteiger partial charge in [-0.1, -0.05) is 31.3 Å². The molecule has 2 N–H and O–H groups in total. The van der Waals surface area contributed by atoms with Crippen molar-refractivity contribution >= 4 is 23.1 Å². The van der Waals surface area contributed by atoms with Gasteiger partial charge in [-0.25, -0.2) is 4.39 Å². The molecule has 0 saturated carbocycles. The highest BCUT2D eigenvalue weighted by Crippen LogP contribution is 2.07. The van der Waals surface area contributed by atoms with Gasteiger partial charge in [-0.05, 0) is 30.5 Å². The maximum Gasteiger partial charge on any atom is 0.222 e. The van der Waals surface area contributed by atoms with Crippen molar-refractivity contribution in [2.45, 2.75) is 32.6 Å². The molecule has 0 saturated heterocycles. The Labute approximate surface area is 125 Å². The molecule has 0 aliphatic carbocycles. The van der Waals surface area contributed by atoms with Gasteiger partial charge in [0.25, 0.3) is 0 Å². The maximum absolute atomic E-state index is 12.8. The fraction of sp³-hybridized carbons (Fsp3) is 0.467. The summed E-state index contributed by atoms with van der Waals surface area (Å²) in [6, 6.07) is 6.35. The average Bonchev–Trinajstić information content (AvgIpc) is 2.40. The molecule has 1 rings (SSSR count). The topological polar surface area (TPSA) is 46.3 Å². The highest BCUT2D eigenvalue weighted by molar-refractivity contribution is 7.80. The maximum atomic E-state index is 12.8. The highest BCUT2D eigenvalue weighted by atomic mass is 32.1. The first kappa shape index (κ1) is 16.6. The predicted octanol–water partition coefficient (Wildman–Crippen LogP) is 2.67. The van der Waals surface area contributed by atoms with E-state index in [1.807, 2.05) is 6.92 Å². The smallest absolute Gasteiger partial charge is 0.222 e. The highest BCUT2D eigenvalue weighted by Gasteiger charge is 2.12. The molecule has 0 radical (unpaired) electrons. The first-order valence-electron chi connectivity index (χ1n) is 6.83. The lowest BCUT2D eigenvalue weighted by molar-refractivity contribution is -0.131. The summed E-state index contributed by atoms with van der Waals surface area (Å²) in [7, 11) is 0. The normalized spacial score (nSPS) is 10.3. The van der Waals surface area contributed by atoms with E-state index < -0.39 is 0 Å². The number of hydrogen-bond donors (Lipinski definition) is 1. The van der Waals surface area contributed by atoms with Crippen molar-refractivity contribution in [3.8, 4) is 0 Å². The zero-order valence-corrected chi connectivity index (χ0v) is 12.6. The van der Waals surface area contributed by atoms with Crippen molar-refractivity contribution in [1.82, 2.24) is 4.90 Å². The molecule has 0 unspecified atom stereocenters. The number of nitrogens with two attached hydrogens (primary N) is 1. The van der Waals surface area contributed by atoms with E-state index in [1.54, 1.807) is 17.0 Å². The molecule has 0 aliphatic heterocycles. The van der Waals surface area contributed by atoms with Crippen LogP contribution >= 0.6 is 12.2 Å². The SMILES string of the molecule is CCCC(=O)N(CCC(N)=S)CCc1ccc(F)cc1. The Hall–Kier alpha value is -1.49. The summed E-state index contributed by atoms with van der Waals surface area (Å²) < 4.78 is 12.8. The number of hydrogen-bond acceptors (Lipinski definition) is 2. The number of benzene rings is 1. The first-order chi connectivity index (χ1) is 9.52. The zero-order chi connectivity index (χ0) is 15.0. The molecule has 3 nitrogen and oxygen atoms in total. The Bertz CT molecular complexity index is 448. The number of amides is 1. The Morgan fingerprint density at radius 3 is 2.45 bits per heavy atom. The molecule has 0 heterocycles. The molecule has 0 fully saturated rings. The Balaban J connectivity index is 2.56. The summed E-state index contributed by atoms with van der Waals surface area (Å²) in [5, 5.41) is 0. The largest absolute Gasteiger partial charge is 0.393 e. The molecule has 0 spiro atoms. The fourth-order valence-electron chi connectivity index (χ4n) is 1.89. The summed E-state index contributed by atoms with van der Waals surface area (Å²) >= 11 is 4.86. The van der Waals surface area contributed by atoms with E-state index in [0.717, 1.165) is 12.0 Å². The Morgan fingerprint density at radius 2 is 1.90 bits per heavy atom. The van der Waals surface area contributed by atoms with Crippen LogP contribution in [0.25, 0.3) is 0 Å². The fourth-order valence-corrected chi connectivity index (χ4v) is 1.98. The summed E-state index contributed by atoms with van der Waals surface area (Å²) in [5.41, 5.74) is 6.50. The summed E-state index contributed by atoms with van der Waals surface area (Å²) in [4.78, 5) is 14.2. The van der Waals surface area contributed by atoms with Crippen molar-refractivity contribution in [3.05, 3.63) is 35.6 Å². The monoisotopic (exact) mass is 296 g/mol.